The number of carboxylic acids is 1. The van der Waals surface area contributed by atoms with Gasteiger partial charge in [-0.3, -0.25) is 19.2 Å². The smallest absolute Gasteiger partial charge is 0.309 e. The number of allylic oxidation sites excluding steroid dienone is 6. The van der Waals surface area contributed by atoms with E-state index in [0.29, 0.717) is 18.3 Å². The Balaban J connectivity index is 0. The summed E-state index contributed by atoms with van der Waals surface area (Å²) in [5.74, 6) is 0.289. The number of aldehydes is 1. The second kappa shape index (κ2) is 28.6. The van der Waals surface area contributed by atoms with E-state index in [1.54, 1.807) is 33.2 Å². The molecular weight excluding hydrogens is 865 g/mol. The van der Waals surface area contributed by atoms with Crippen LogP contribution in [0.15, 0.2) is 76.9 Å². The Morgan fingerprint density at radius 3 is 1.77 bits per heavy atom. The minimum atomic E-state index is -1.16. The molecule has 10 nitrogen and oxygen atoms in total. The molecule has 5 aliphatic carbocycles. The van der Waals surface area contributed by atoms with Crippen LogP contribution in [0.25, 0.3) is 0 Å². The van der Waals surface area contributed by atoms with E-state index >= 15 is 0 Å². The number of carbonyl (C=O) groups is 4. The van der Waals surface area contributed by atoms with Crippen molar-refractivity contribution >= 4 is 30.2 Å². The van der Waals surface area contributed by atoms with Crippen LogP contribution >= 0.6 is 0 Å². The number of hydrogen-bond acceptors (Lipinski definition) is 9. The molecule has 0 heterocycles. The number of hydrogen-bond donors (Lipinski definition) is 3. The van der Waals surface area contributed by atoms with E-state index in [1.165, 1.54) is 17.7 Å². The molecule has 0 spiro atoms. The third kappa shape index (κ3) is 14.7. The van der Waals surface area contributed by atoms with Crippen LogP contribution in [0.4, 0.5) is 0 Å². The van der Waals surface area contributed by atoms with Crippen molar-refractivity contribution in [2.75, 3.05) is 21.1 Å². The number of nitrogens with zero attached hydrogens (tertiary/aromatic N) is 2. The number of carboxylic acid groups (broad SMARTS) is 1. The average molecular weight is 967 g/mol. The van der Waals surface area contributed by atoms with Gasteiger partial charge >= 0.3 is 11.9 Å². The first kappa shape index (κ1) is 66.9. The molecule has 396 valence electrons. The Morgan fingerprint density at radius 1 is 0.855 bits per heavy atom. The molecule has 8 atom stereocenters. The first-order chi connectivity index (χ1) is 32.0. The van der Waals surface area contributed by atoms with Gasteiger partial charge in [-0.25, -0.2) is 0 Å². The normalized spacial score (nSPS) is 29.6. The Kier molecular flexibility index (Phi) is 27.7. The minimum Gasteiger partial charge on any atom is -0.509 e. The maximum atomic E-state index is 14.0. The van der Waals surface area contributed by atoms with Crippen LogP contribution in [0.1, 0.15) is 189 Å². The average Bonchev–Trinajstić information content (AvgIpc) is 3.59. The van der Waals surface area contributed by atoms with Gasteiger partial charge in [0.2, 0.25) is 0 Å². The summed E-state index contributed by atoms with van der Waals surface area (Å²) in [5.41, 5.74) is 2.49. The maximum Gasteiger partial charge on any atom is 0.309 e. The number of ether oxygens (including phenoxy) is 1. The zero-order valence-electron chi connectivity index (χ0n) is 47.7. The fourth-order valence-corrected chi connectivity index (χ4v) is 13.1. The van der Waals surface area contributed by atoms with Crippen LogP contribution in [0.5, 0.6) is 0 Å². The number of aliphatic hydroxyl groups is 2. The third-order valence-corrected chi connectivity index (χ3v) is 16.1. The van der Waals surface area contributed by atoms with Crippen molar-refractivity contribution in [1.29, 1.82) is 0 Å². The number of aliphatic hydroxyl groups excluding tert-OH is 2. The molecule has 0 aromatic rings. The number of aliphatic carboxylic acids is 1. The largest absolute Gasteiger partial charge is 0.509 e. The van der Waals surface area contributed by atoms with Crippen molar-refractivity contribution in [3.05, 3.63) is 71.9 Å². The second-order valence-corrected chi connectivity index (χ2v) is 21.2. The lowest BCUT2D eigenvalue weighted by Gasteiger charge is -2.72. The molecule has 0 amide bonds. The summed E-state index contributed by atoms with van der Waals surface area (Å²) in [6.45, 7) is 46.8. The third-order valence-electron chi connectivity index (χ3n) is 16.1. The van der Waals surface area contributed by atoms with Gasteiger partial charge < -0.3 is 29.9 Å². The first-order valence-electron chi connectivity index (χ1n) is 25.9. The topological polar surface area (TPSA) is 154 Å². The quantitative estimate of drug-likeness (QED) is 0.0485. The van der Waals surface area contributed by atoms with E-state index < -0.39 is 22.8 Å². The summed E-state index contributed by atoms with van der Waals surface area (Å²) >= 11 is 0. The molecule has 0 radical (unpaired) electrons. The van der Waals surface area contributed by atoms with Gasteiger partial charge in [-0.1, -0.05) is 116 Å². The van der Waals surface area contributed by atoms with Crippen LogP contribution in [-0.2, 0) is 23.9 Å². The number of Topliss-reactive ketones (excluding diaryl/α,β-unsaturated/α-hetero) is 1. The van der Waals surface area contributed by atoms with Crippen molar-refractivity contribution in [2.24, 2.45) is 61.2 Å². The predicted octanol–water partition coefficient (Wildman–Crippen LogP) is 15.1. The van der Waals surface area contributed by atoms with Crippen LogP contribution in [0.2, 0.25) is 0 Å². The molecule has 0 saturated heterocycles. The second-order valence-electron chi connectivity index (χ2n) is 21.2. The number of aliphatic imine (C=N–C) groups is 1. The molecule has 5 aliphatic rings. The molecule has 4 saturated carbocycles. The minimum absolute atomic E-state index is 0.00979. The van der Waals surface area contributed by atoms with Gasteiger partial charge in [0.05, 0.1) is 11.8 Å². The fourth-order valence-electron chi connectivity index (χ4n) is 13.1. The molecule has 69 heavy (non-hydrogen) atoms. The zero-order chi connectivity index (χ0) is 54.7. The SMILES string of the molecule is C/C(C=O)=C(/N(C)C)C12CC[C@]3(C)C(CCC4C5(C)CCC(OC(=O)CC(C)(C)C(=O)O)C(C)(C)C5CCC43C)C1=C(C(C)C)C(=O)C2.C=C(O)/C=C\C.C=CC(=C)O.CC.CC.CC.CC=NC. The Labute approximate surface area is 422 Å². The van der Waals surface area contributed by atoms with E-state index in [-0.39, 0.29) is 63.3 Å². The lowest BCUT2D eigenvalue weighted by Crippen LogP contribution is -2.66. The molecule has 0 bridgehead atoms. The molecule has 0 aliphatic heterocycles. The first-order valence-corrected chi connectivity index (χ1v) is 25.9. The molecule has 0 aromatic carbocycles. The number of fused-ring (bicyclic) bond motifs is 7. The summed E-state index contributed by atoms with van der Waals surface area (Å²) in [5, 5.41) is 25.9. The lowest BCUT2D eigenvalue weighted by atomic mass is 9.33. The van der Waals surface area contributed by atoms with Crippen molar-refractivity contribution in [3.8, 4) is 0 Å². The van der Waals surface area contributed by atoms with Crippen molar-refractivity contribution in [2.45, 2.75) is 195 Å². The summed E-state index contributed by atoms with van der Waals surface area (Å²) in [7, 11) is 5.81. The van der Waals surface area contributed by atoms with Crippen LogP contribution in [0, 0.1) is 56.2 Å². The summed E-state index contributed by atoms with van der Waals surface area (Å²) in [6.07, 6.45) is 15.3. The Hall–Kier alpha value is -4.21. The number of esters is 1. The standard InChI is InChI=1S/C41H63NO6.C5H8O.C4H6O.C3H7N.3C2H6/c1-24(2)32-27(44)21-41(34(42(11)12)25(3)23-43)20-19-39(9)26(33(32)41)13-14-29-38(8)17-16-30(48-31(45)22-36(4,5)35(46)47)37(6,7)28(38)15-18-40(29,39)10;1-3-4-5(2)6;1-3-4(2)5;1-3-4-2;3*1-2/h23-24,26,28-30H,13-22H2,1-12H3,(H,46,47);3-4,6H,2H2,1H3;3,5H,1-2H2;3H,1-2H3;3*1-2H3/b34-25-;4-3-;;;;;/t26?,28?,29?,30?,38?,39-,40?,41?;;;;;;/m1....../s1. The van der Waals surface area contributed by atoms with E-state index in [1.807, 2.05) is 76.4 Å². The van der Waals surface area contributed by atoms with Crippen LogP contribution < -0.4 is 0 Å². The van der Waals surface area contributed by atoms with E-state index in [2.05, 4.69) is 78.1 Å². The number of rotatable bonds is 10. The van der Waals surface area contributed by atoms with Crippen LogP contribution in [0.3, 0.4) is 0 Å². The van der Waals surface area contributed by atoms with Gasteiger partial charge in [0.1, 0.15) is 23.9 Å². The molecule has 4 fully saturated rings. The fraction of sp³-hybridized carbons (Fsp3) is 0.712. The van der Waals surface area contributed by atoms with Gasteiger partial charge in [-0.15, -0.1) is 0 Å². The van der Waals surface area contributed by atoms with Gasteiger partial charge in [-0.2, -0.15) is 0 Å². The zero-order valence-corrected chi connectivity index (χ0v) is 47.7. The van der Waals surface area contributed by atoms with Gasteiger partial charge in [0.15, 0.2) is 5.78 Å². The van der Waals surface area contributed by atoms with Crippen molar-refractivity contribution in [1.82, 2.24) is 4.90 Å². The van der Waals surface area contributed by atoms with E-state index in [9.17, 15) is 24.3 Å². The molecule has 0 aromatic heterocycles. The summed E-state index contributed by atoms with van der Waals surface area (Å²) in [6, 6.07) is 0. The molecule has 5 rings (SSSR count). The monoisotopic (exact) mass is 967 g/mol. The predicted molar refractivity (Wildman–Crippen MR) is 290 cm³/mol. The highest BCUT2D eigenvalue weighted by atomic mass is 16.5. The Morgan fingerprint density at radius 2 is 1.38 bits per heavy atom. The van der Waals surface area contributed by atoms with Gasteiger partial charge in [0.25, 0.3) is 0 Å². The Bertz CT molecular complexity index is 1860. The molecule has 3 N–H and O–H groups in total. The summed E-state index contributed by atoms with van der Waals surface area (Å²) < 4.78 is 6.15. The maximum absolute atomic E-state index is 14.0. The molecule has 10 heteroatoms. The highest BCUT2D eigenvalue weighted by Gasteiger charge is 2.70. The van der Waals surface area contributed by atoms with Gasteiger partial charge in [-0.05, 0) is 155 Å². The highest BCUT2D eigenvalue weighted by Crippen LogP contribution is 2.77. The lowest BCUT2D eigenvalue weighted by molar-refractivity contribution is -0.233. The van der Waals surface area contributed by atoms with E-state index in [0.717, 1.165) is 74.5 Å². The van der Waals surface area contributed by atoms with E-state index in [4.69, 9.17) is 14.9 Å². The molecule has 7 unspecified atom stereocenters. The van der Waals surface area contributed by atoms with Crippen LogP contribution in [-0.4, -0.2) is 77.7 Å². The van der Waals surface area contributed by atoms with Crippen molar-refractivity contribution in [3.63, 3.8) is 0 Å². The van der Waals surface area contributed by atoms with Gasteiger partial charge in [0, 0.05) is 49.7 Å². The highest BCUT2D eigenvalue weighted by molar-refractivity contribution is 6.01. The number of carbonyl (C=O) groups excluding carboxylic acids is 3. The number of ketones is 1. The van der Waals surface area contributed by atoms with Crippen molar-refractivity contribution < 1.29 is 39.2 Å². The summed E-state index contributed by atoms with van der Waals surface area (Å²) in [4.78, 5) is 56.8. The molecular formula is C59H102N2O8.